The van der Waals surface area contributed by atoms with E-state index in [0.29, 0.717) is 17.0 Å². The molecule has 0 amide bonds. The fourth-order valence-electron chi connectivity index (χ4n) is 0.865. The summed E-state index contributed by atoms with van der Waals surface area (Å²) in [6.07, 6.45) is 2.80. The molecule has 12 heavy (non-hydrogen) atoms. The summed E-state index contributed by atoms with van der Waals surface area (Å²) in [5.41, 5.74) is 1.17. The Morgan fingerprint density at radius 2 is 2.50 bits per heavy atom. The minimum atomic E-state index is 0.549. The quantitative estimate of drug-likeness (QED) is 0.688. The van der Waals surface area contributed by atoms with Gasteiger partial charge in [-0.05, 0) is 12.1 Å². The molecule has 0 saturated heterocycles. The number of allylic oxidation sites excluding steroid dienone is 1. The van der Waals surface area contributed by atoms with E-state index in [9.17, 15) is 0 Å². The fourth-order valence-corrected chi connectivity index (χ4v) is 0.865. The summed E-state index contributed by atoms with van der Waals surface area (Å²) in [5, 5.41) is 7.00. The normalized spacial score (nSPS) is 9.08. The number of nitrogens with zero attached hydrogens (tertiary/aromatic N) is 1. The molecule has 0 atom stereocenters. The van der Waals surface area contributed by atoms with Crippen molar-refractivity contribution < 1.29 is 4.74 Å². The van der Waals surface area contributed by atoms with Gasteiger partial charge in [0, 0.05) is 18.0 Å². The molecule has 0 bridgehead atoms. The predicted octanol–water partition coefficient (Wildman–Crippen LogP) is 1.75. The van der Waals surface area contributed by atoms with Gasteiger partial charge in [0.1, 0.15) is 11.4 Å². The Bertz CT molecular complexity index is 307. The summed E-state index contributed by atoms with van der Waals surface area (Å²) < 4.78 is 5.04. The van der Waals surface area contributed by atoms with Crippen LogP contribution in [0.15, 0.2) is 24.9 Å². The molecular weight excluding hydrogens is 152 g/mol. The van der Waals surface area contributed by atoms with Crippen molar-refractivity contribution in [3.05, 3.63) is 30.6 Å². The van der Waals surface area contributed by atoms with Crippen LogP contribution in [0.1, 0.15) is 5.69 Å². The molecule has 0 unspecified atom stereocenters. The molecule has 0 fully saturated rings. The fraction of sp³-hybridized carbons (Fsp3) is 0.111. The number of pyridine rings is 1. The number of nitrogens with one attached hydrogen (secondary N) is 1. The van der Waals surface area contributed by atoms with Crippen LogP contribution in [-0.2, 0) is 0 Å². The Morgan fingerprint density at radius 1 is 1.75 bits per heavy atom. The maximum atomic E-state index is 7.00. The molecule has 0 aliphatic heterocycles. The molecule has 0 spiro atoms. The van der Waals surface area contributed by atoms with Gasteiger partial charge in [0.2, 0.25) is 0 Å². The van der Waals surface area contributed by atoms with Crippen LogP contribution in [0.4, 0.5) is 0 Å². The van der Waals surface area contributed by atoms with Crippen LogP contribution in [0.5, 0.6) is 5.75 Å². The van der Waals surface area contributed by atoms with Gasteiger partial charge in [-0.3, -0.25) is 4.98 Å². The molecule has 0 aliphatic rings. The average Bonchev–Trinajstić information content (AvgIpc) is 2.16. The van der Waals surface area contributed by atoms with E-state index in [4.69, 9.17) is 10.1 Å². The number of hydrogen-bond acceptors (Lipinski definition) is 3. The van der Waals surface area contributed by atoms with Crippen molar-refractivity contribution in [2.24, 2.45) is 0 Å². The van der Waals surface area contributed by atoms with E-state index in [1.165, 1.54) is 0 Å². The number of methoxy groups -OCH3 is 1. The molecular formula is C9H10N2O. The lowest BCUT2D eigenvalue weighted by Gasteiger charge is -2.04. The number of rotatable bonds is 3. The third-order valence-electron chi connectivity index (χ3n) is 1.47. The zero-order valence-corrected chi connectivity index (χ0v) is 6.87. The van der Waals surface area contributed by atoms with Crippen molar-refractivity contribution in [3.8, 4) is 5.75 Å². The predicted molar refractivity (Wildman–Crippen MR) is 48.6 cm³/mol. The van der Waals surface area contributed by atoms with Crippen LogP contribution in [0.3, 0.4) is 0 Å². The van der Waals surface area contributed by atoms with Crippen LogP contribution < -0.4 is 4.74 Å². The zero-order chi connectivity index (χ0) is 8.97. The third-order valence-corrected chi connectivity index (χ3v) is 1.47. The van der Waals surface area contributed by atoms with E-state index in [2.05, 4.69) is 11.6 Å². The maximum absolute atomic E-state index is 7.00. The highest BCUT2D eigenvalue weighted by atomic mass is 16.5. The minimum absolute atomic E-state index is 0.549. The smallest absolute Gasteiger partial charge is 0.145 e. The molecule has 1 N–H and O–H groups in total. The van der Waals surface area contributed by atoms with E-state index < -0.39 is 0 Å². The van der Waals surface area contributed by atoms with E-state index >= 15 is 0 Å². The van der Waals surface area contributed by atoms with Gasteiger partial charge >= 0.3 is 0 Å². The topological polar surface area (TPSA) is 46.0 Å². The van der Waals surface area contributed by atoms with Crippen LogP contribution in [0.2, 0.25) is 0 Å². The van der Waals surface area contributed by atoms with E-state index in [1.807, 2.05) is 0 Å². The molecule has 0 aliphatic carbocycles. The molecule has 1 aromatic rings. The first-order valence-corrected chi connectivity index (χ1v) is 3.48. The summed E-state index contributed by atoms with van der Waals surface area (Å²) in [6, 6.07) is 3.57. The Kier molecular flexibility index (Phi) is 2.58. The second kappa shape index (κ2) is 3.67. The minimum Gasteiger partial charge on any atom is -0.494 e. The van der Waals surface area contributed by atoms with E-state index in [0.717, 1.165) is 6.21 Å². The largest absolute Gasteiger partial charge is 0.494 e. The lowest BCUT2D eigenvalue weighted by molar-refractivity contribution is 0.411. The number of hydrogen-bond donors (Lipinski definition) is 1. The Hall–Kier alpha value is -1.64. The van der Waals surface area contributed by atoms with Crippen LogP contribution in [0.25, 0.3) is 5.57 Å². The molecule has 0 radical (unpaired) electrons. The van der Waals surface area contributed by atoms with Crippen molar-refractivity contribution >= 4 is 11.8 Å². The Morgan fingerprint density at radius 3 is 3.08 bits per heavy atom. The van der Waals surface area contributed by atoms with Gasteiger partial charge < -0.3 is 10.1 Å². The van der Waals surface area contributed by atoms with Gasteiger partial charge in [0.05, 0.1) is 7.11 Å². The second-order valence-electron chi connectivity index (χ2n) is 2.22. The highest BCUT2D eigenvalue weighted by molar-refractivity contribution is 6.07. The van der Waals surface area contributed by atoms with E-state index in [1.54, 1.807) is 25.4 Å². The monoisotopic (exact) mass is 162 g/mol. The van der Waals surface area contributed by atoms with Crippen molar-refractivity contribution in [2.45, 2.75) is 0 Å². The molecule has 1 heterocycles. The molecule has 1 rings (SSSR count). The summed E-state index contributed by atoms with van der Waals surface area (Å²) in [7, 11) is 1.57. The summed E-state index contributed by atoms with van der Waals surface area (Å²) >= 11 is 0. The molecule has 3 heteroatoms. The SMILES string of the molecule is C=C(C=N)c1ncccc1OC. The Labute approximate surface area is 71.2 Å². The first kappa shape index (κ1) is 8.46. The zero-order valence-electron chi connectivity index (χ0n) is 6.87. The highest BCUT2D eigenvalue weighted by Gasteiger charge is 2.03. The van der Waals surface area contributed by atoms with Crippen molar-refractivity contribution in [1.82, 2.24) is 4.98 Å². The highest BCUT2D eigenvalue weighted by Crippen LogP contribution is 2.19. The van der Waals surface area contributed by atoms with Gasteiger partial charge in [0.15, 0.2) is 0 Å². The lowest BCUT2D eigenvalue weighted by atomic mass is 10.2. The van der Waals surface area contributed by atoms with E-state index in [-0.39, 0.29) is 0 Å². The van der Waals surface area contributed by atoms with Gasteiger partial charge in [-0.2, -0.15) is 0 Å². The Balaban J connectivity index is 3.13. The molecule has 0 aromatic carbocycles. The number of ether oxygens (including phenoxy) is 1. The third kappa shape index (κ3) is 1.50. The van der Waals surface area contributed by atoms with Crippen molar-refractivity contribution in [2.75, 3.05) is 7.11 Å². The van der Waals surface area contributed by atoms with Crippen LogP contribution in [-0.4, -0.2) is 18.3 Å². The molecule has 1 aromatic heterocycles. The summed E-state index contributed by atoms with van der Waals surface area (Å²) in [4.78, 5) is 4.04. The van der Waals surface area contributed by atoms with Crippen LogP contribution in [0, 0.1) is 5.41 Å². The van der Waals surface area contributed by atoms with Gasteiger partial charge in [-0.1, -0.05) is 6.58 Å². The van der Waals surface area contributed by atoms with Crippen molar-refractivity contribution in [1.29, 1.82) is 5.41 Å². The van der Waals surface area contributed by atoms with Crippen molar-refractivity contribution in [3.63, 3.8) is 0 Å². The maximum Gasteiger partial charge on any atom is 0.145 e. The average molecular weight is 162 g/mol. The van der Waals surface area contributed by atoms with Gasteiger partial charge in [-0.25, -0.2) is 0 Å². The summed E-state index contributed by atoms with van der Waals surface area (Å²) in [6.45, 7) is 3.67. The second-order valence-corrected chi connectivity index (χ2v) is 2.22. The first-order valence-electron chi connectivity index (χ1n) is 3.48. The molecule has 0 saturated carbocycles. The lowest BCUT2D eigenvalue weighted by Crippen LogP contribution is -1.93. The summed E-state index contributed by atoms with van der Waals surface area (Å²) in [5.74, 6) is 0.644. The van der Waals surface area contributed by atoms with Gasteiger partial charge in [-0.15, -0.1) is 0 Å². The van der Waals surface area contributed by atoms with Crippen LogP contribution >= 0.6 is 0 Å². The molecule has 3 nitrogen and oxygen atoms in total. The number of aromatic nitrogens is 1. The van der Waals surface area contributed by atoms with Gasteiger partial charge in [0.25, 0.3) is 0 Å². The first-order chi connectivity index (χ1) is 5.79. The standard InChI is InChI=1S/C9H10N2O/c1-7(6-10)9-8(12-2)4-3-5-11-9/h3-6,10H,1H2,2H3. The molecule has 62 valence electrons.